The van der Waals surface area contributed by atoms with Gasteiger partial charge in [0, 0.05) is 18.7 Å². The molecular formula is C32H31N3O6. The number of aryl methyl sites for hydroxylation is 1. The summed E-state index contributed by atoms with van der Waals surface area (Å²) in [5.41, 5.74) is 4.60. The molecule has 0 aliphatic carbocycles. The minimum Gasteiger partial charge on any atom is -0.494 e. The van der Waals surface area contributed by atoms with Crippen LogP contribution in [0, 0.1) is 6.92 Å². The summed E-state index contributed by atoms with van der Waals surface area (Å²) in [5.74, 6) is 1.75. The highest BCUT2D eigenvalue weighted by Crippen LogP contribution is 2.43. The number of benzene rings is 3. The number of fused-ring (bicyclic) bond motifs is 8. The number of carbonyl (C=O) groups excluding carboxylic acids is 2. The van der Waals surface area contributed by atoms with E-state index in [1.54, 1.807) is 14.0 Å². The van der Waals surface area contributed by atoms with Gasteiger partial charge in [-0.05, 0) is 60.7 Å². The van der Waals surface area contributed by atoms with E-state index in [1.165, 1.54) is 0 Å². The Balaban J connectivity index is 1.48. The first-order chi connectivity index (χ1) is 20.0. The maximum atomic E-state index is 14.4. The number of hydrogen-bond donors (Lipinski definition) is 1. The normalized spacial score (nSPS) is 16.9. The van der Waals surface area contributed by atoms with Gasteiger partial charge in [0.1, 0.15) is 22.8 Å². The third-order valence-electron chi connectivity index (χ3n) is 7.48. The number of amides is 2. The fourth-order valence-corrected chi connectivity index (χ4v) is 5.50. The van der Waals surface area contributed by atoms with Crippen molar-refractivity contribution in [3.05, 3.63) is 94.7 Å². The lowest BCUT2D eigenvalue weighted by Gasteiger charge is -2.38. The monoisotopic (exact) mass is 553 g/mol. The van der Waals surface area contributed by atoms with E-state index in [0.29, 0.717) is 66.8 Å². The number of nitrogens with zero attached hydrogens (tertiary/aromatic N) is 2. The Morgan fingerprint density at radius 3 is 2.76 bits per heavy atom. The molecule has 41 heavy (non-hydrogen) atoms. The molecular weight excluding hydrogens is 522 g/mol. The summed E-state index contributed by atoms with van der Waals surface area (Å²) in [6.45, 7) is 2.99. The van der Waals surface area contributed by atoms with Crippen LogP contribution >= 0.6 is 0 Å². The Morgan fingerprint density at radius 2 is 1.93 bits per heavy atom. The van der Waals surface area contributed by atoms with Crippen LogP contribution < -0.4 is 19.5 Å². The predicted molar refractivity (Wildman–Crippen MR) is 151 cm³/mol. The lowest BCUT2D eigenvalue weighted by molar-refractivity contribution is -0.123. The summed E-state index contributed by atoms with van der Waals surface area (Å²) in [7, 11) is 1.56. The van der Waals surface area contributed by atoms with Gasteiger partial charge in [-0.15, -0.1) is 0 Å². The molecule has 3 aromatic carbocycles. The smallest absolute Gasteiger partial charge is 0.260 e. The van der Waals surface area contributed by atoms with Crippen LogP contribution in [0.25, 0.3) is 11.3 Å². The summed E-state index contributed by atoms with van der Waals surface area (Å²) in [6.07, 6.45) is 1.23. The topological polar surface area (TPSA) is 103 Å². The highest BCUT2D eigenvalue weighted by Gasteiger charge is 2.37. The molecule has 2 amide bonds. The van der Waals surface area contributed by atoms with Crippen molar-refractivity contribution < 1.29 is 28.3 Å². The van der Waals surface area contributed by atoms with Crippen molar-refractivity contribution >= 4 is 11.8 Å². The minimum atomic E-state index is -0.438. The van der Waals surface area contributed by atoms with E-state index in [4.69, 9.17) is 18.7 Å². The standard InChI is InChI=1S/C32H31N3O6/c1-20-29(30(34-41-20)21-8-4-3-5-9-21)32(37)35-14-12-22-17-27-26(38-2)18-25(22)31(35)23-10-6-11-24(16-23)39-15-7-13-33-28(36)19-40-27/h3-6,8-11,16-18,31H,7,12-15,19H2,1-2H3,(H,33,36). The van der Waals surface area contributed by atoms with Gasteiger partial charge in [-0.2, -0.15) is 0 Å². The van der Waals surface area contributed by atoms with Gasteiger partial charge < -0.3 is 29.0 Å². The first-order valence-electron chi connectivity index (χ1n) is 13.7. The van der Waals surface area contributed by atoms with Crippen molar-refractivity contribution in [3.8, 4) is 28.5 Å². The largest absolute Gasteiger partial charge is 0.494 e. The van der Waals surface area contributed by atoms with Crippen LogP contribution in [-0.2, 0) is 11.2 Å². The van der Waals surface area contributed by atoms with E-state index in [2.05, 4.69) is 10.5 Å². The van der Waals surface area contributed by atoms with Crippen LogP contribution in [0.4, 0.5) is 0 Å². The maximum absolute atomic E-state index is 14.4. The van der Waals surface area contributed by atoms with Gasteiger partial charge in [0.25, 0.3) is 11.8 Å². The number of ether oxygens (including phenoxy) is 3. The first-order valence-corrected chi connectivity index (χ1v) is 13.7. The van der Waals surface area contributed by atoms with Gasteiger partial charge in [-0.3, -0.25) is 9.59 Å². The lowest BCUT2D eigenvalue weighted by Crippen LogP contribution is -2.41. The number of methoxy groups -OCH3 is 1. The third kappa shape index (κ3) is 5.23. The fraction of sp³-hybridized carbons (Fsp3) is 0.281. The van der Waals surface area contributed by atoms with Crippen LogP contribution in [0.1, 0.15) is 45.3 Å². The Hall–Kier alpha value is -4.79. The number of rotatable bonds is 3. The SMILES string of the molecule is COc1cc2c3cc1OCC(=O)NCCCOc1cccc(c1)C2N(C(=O)c1c(-c2ccccc2)noc1C)CC3. The molecule has 7 rings (SSSR count). The van der Waals surface area contributed by atoms with Crippen LogP contribution in [0.3, 0.4) is 0 Å². The zero-order chi connectivity index (χ0) is 28.3. The quantitative estimate of drug-likeness (QED) is 0.392. The summed E-state index contributed by atoms with van der Waals surface area (Å²) in [4.78, 5) is 28.6. The zero-order valence-electron chi connectivity index (χ0n) is 23.0. The van der Waals surface area contributed by atoms with E-state index in [1.807, 2.05) is 71.6 Å². The molecule has 9 heteroatoms. The van der Waals surface area contributed by atoms with E-state index in [0.717, 1.165) is 22.3 Å². The Kier molecular flexibility index (Phi) is 7.33. The molecule has 0 fully saturated rings. The average Bonchev–Trinajstić information content (AvgIpc) is 3.39. The second-order valence-corrected chi connectivity index (χ2v) is 10.1. The van der Waals surface area contributed by atoms with E-state index in [-0.39, 0.29) is 18.4 Å². The fourth-order valence-electron chi connectivity index (χ4n) is 5.50. The summed E-state index contributed by atoms with van der Waals surface area (Å²) < 4.78 is 23.2. The van der Waals surface area contributed by atoms with Gasteiger partial charge in [-0.25, -0.2) is 0 Å². The highest BCUT2D eigenvalue weighted by atomic mass is 16.5. The second-order valence-electron chi connectivity index (χ2n) is 10.1. The molecule has 1 aromatic heterocycles. The van der Waals surface area contributed by atoms with Gasteiger partial charge in [-0.1, -0.05) is 47.6 Å². The number of aromatic nitrogens is 1. The summed E-state index contributed by atoms with van der Waals surface area (Å²) >= 11 is 0. The molecule has 3 aliphatic heterocycles. The second kappa shape index (κ2) is 11.4. The van der Waals surface area contributed by atoms with Crippen LogP contribution in [-0.4, -0.2) is 55.3 Å². The molecule has 1 N–H and O–H groups in total. The van der Waals surface area contributed by atoms with Crippen molar-refractivity contribution in [3.63, 3.8) is 0 Å². The molecule has 6 bridgehead atoms. The van der Waals surface area contributed by atoms with Crippen LogP contribution in [0.5, 0.6) is 17.2 Å². The molecule has 210 valence electrons. The number of carbonyl (C=O) groups is 2. The summed E-state index contributed by atoms with van der Waals surface area (Å²) in [6, 6.07) is 20.8. The third-order valence-corrected chi connectivity index (χ3v) is 7.48. The molecule has 9 nitrogen and oxygen atoms in total. The van der Waals surface area contributed by atoms with Gasteiger partial charge in [0.2, 0.25) is 0 Å². The average molecular weight is 554 g/mol. The van der Waals surface area contributed by atoms with Crippen LogP contribution in [0.15, 0.2) is 71.3 Å². The Morgan fingerprint density at radius 1 is 1.07 bits per heavy atom. The highest BCUT2D eigenvalue weighted by molar-refractivity contribution is 6.01. The molecule has 0 spiro atoms. The molecule has 4 heterocycles. The number of hydrogen-bond acceptors (Lipinski definition) is 7. The molecule has 1 unspecified atom stereocenters. The van der Waals surface area contributed by atoms with Gasteiger partial charge >= 0.3 is 0 Å². The predicted octanol–water partition coefficient (Wildman–Crippen LogP) is 4.72. The Bertz CT molecular complexity index is 1580. The molecule has 0 saturated heterocycles. The molecule has 4 aromatic rings. The molecule has 3 aliphatic rings. The van der Waals surface area contributed by atoms with Crippen molar-refractivity contribution in [2.24, 2.45) is 0 Å². The van der Waals surface area contributed by atoms with E-state index in [9.17, 15) is 9.59 Å². The molecule has 0 radical (unpaired) electrons. The maximum Gasteiger partial charge on any atom is 0.260 e. The van der Waals surface area contributed by atoms with Crippen molar-refractivity contribution in [2.45, 2.75) is 25.8 Å². The number of nitrogens with one attached hydrogen (secondary N) is 1. The van der Waals surface area contributed by atoms with E-state index >= 15 is 0 Å². The summed E-state index contributed by atoms with van der Waals surface area (Å²) in [5, 5.41) is 7.12. The van der Waals surface area contributed by atoms with Gasteiger partial charge in [0.05, 0.1) is 19.8 Å². The van der Waals surface area contributed by atoms with Crippen LogP contribution in [0.2, 0.25) is 0 Å². The van der Waals surface area contributed by atoms with Crippen molar-refractivity contribution in [1.29, 1.82) is 0 Å². The zero-order valence-corrected chi connectivity index (χ0v) is 23.0. The molecule has 1 atom stereocenters. The molecule has 0 saturated carbocycles. The van der Waals surface area contributed by atoms with Crippen molar-refractivity contribution in [1.82, 2.24) is 15.4 Å². The first kappa shape index (κ1) is 26.4. The van der Waals surface area contributed by atoms with Gasteiger partial charge in [0.15, 0.2) is 18.1 Å². The Labute approximate surface area is 238 Å². The van der Waals surface area contributed by atoms with Crippen molar-refractivity contribution in [2.75, 3.05) is 33.4 Å². The minimum absolute atomic E-state index is 0.127. The van der Waals surface area contributed by atoms with E-state index < -0.39 is 6.04 Å². The lowest BCUT2D eigenvalue weighted by atomic mass is 9.87.